The first-order valence-corrected chi connectivity index (χ1v) is 4.39. The Kier molecular flexibility index (Phi) is 1.39. The van der Waals surface area contributed by atoms with Crippen LogP contribution in [-0.4, -0.2) is 11.4 Å². The van der Waals surface area contributed by atoms with Gasteiger partial charge in [-0.05, 0) is 18.3 Å². The molecule has 1 aliphatic carbocycles. The highest BCUT2D eigenvalue weighted by molar-refractivity contribution is 5.91. The lowest BCUT2D eigenvalue weighted by Gasteiger charge is -2.52. The zero-order valence-electron chi connectivity index (χ0n) is 7.59. The van der Waals surface area contributed by atoms with E-state index in [0.717, 1.165) is 12.8 Å². The van der Waals surface area contributed by atoms with Gasteiger partial charge in [0.2, 0.25) is 0 Å². The molecule has 66 valence electrons. The Morgan fingerprint density at radius 3 is 2.58 bits per heavy atom. The average Bonchev–Trinajstić information content (AvgIpc) is 1.81. The molecule has 0 aromatic rings. The Morgan fingerprint density at radius 2 is 2.08 bits per heavy atom. The molecule has 0 saturated heterocycles. The smallest absolute Gasteiger partial charge is 0.162 e. The van der Waals surface area contributed by atoms with E-state index in [1.165, 1.54) is 6.08 Å². The second-order valence-corrected chi connectivity index (χ2v) is 4.76. The molecule has 1 fully saturated rings. The molecular formula is C10H14O2. The van der Waals surface area contributed by atoms with Crippen LogP contribution in [-0.2, 0) is 9.53 Å². The highest BCUT2D eigenvalue weighted by atomic mass is 16.5. The van der Waals surface area contributed by atoms with Crippen molar-refractivity contribution < 1.29 is 9.53 Å². The minimum atomic E-state index is -0.130. The van der Waals surface area contributed by atoms with Crippen molar-refractivity contribution >= 4 is 5.78 Å². The predicted molar refractivity (Wildman–Crippen MR) is 45.6 cm³/mol. The van der Waals surface area contributed by atoms with Gasteiger partial charge in [-0.1, -0.05) is 13.8 Å². The van der Waals surface area contributed by atoms with E-state index in [9.17, 15) is 4.79 Å². The van der Waals surface area contributed by atoms with Gasteiger partial charge in [0.05, 0.1) is 12.7 Å². The van der Waals surface area contributed by atoms with Crippen LogP contribution in [0.2, 0.25) is 0 Å². The molecule has 0 radical (unpaired) electrons. The molecule has 0 aromatic heterocycles. The van der Waals surface area contributed by atoms with E-state index in [4.69, 9.17) is 4.74 Å². The minimum Gasteiger partial charge on any atom is -0.494 e. The summed E-state index contributed by atoms with van der Waals surface area (Å²) in [6.45, 7) is 4.43. The number of rotatable bonds is 0. The molecule has 0 atom stereocenters. The molecule has 12 heavy (non-hydrogen) atoms. The molecule has 0 unspecified atom stereocenters. The highest BCUT2D eigenvalue weighted by Crippen LogP contribution is 2.52. The summed E-state index contributed by atoms with van der Waals surface area (Å²) < 4.78 is 5.51. The topological polar surface area (TPSA) is 26.3 Å². The number of carbonyl (C=O) groups is 1. The lowest BCUT2D eigenvalue weighted by Crippen LogP contribution is -2.52. The number of carbonyl (C=O) groups excluding carboxylic acids is 1. The summed E-state index contributed by atoms with van der Waals surface area (Å²) in [6, 6.07) is 0. The quantitative estimate of drug-likeness (QED) is 0.550. The maximum atomic E-state index is 11.1. The Labute approximate surface area is 72.6 Å². The van der Waals surface area contributed by atoms with Crippen LogP contribution in [0.4, 0.5) is 0 Å². The summed E-state index contributed by atoms with van der Waals surface area (Å²) in [5.74, 6) is 0.205. The molecule has 2 heteroatoms. The van der Waals surface area contributed by atoms with Crippen molar-refractivity contribution in [2.75, 3.05) is 0 Å². The summed E-state index contributed by atoms with van der Waals surface area (Å²) in [4.78, 5) is 11.1. The van der Waals surface area contributed by atoms with Crippen molar-refractivity contribution in [3.8, 4) is 0 Å². The van der Waals surface area contributed by atoms with Gasteiger partial charge in [0, 0.05) is 6.08 Å². The van der Waals surface area contributed by atoms with Crippen LogP contribution in [0.5, 0.6) is 0 Å². The van der Waals surface area contributed by atoms with Gasteiger partial charge in [0.1, 0.15) is 5.60 Å². The second-order valence-electron chi connectivity index (χ2n) is 4.76. The van der Waals surface area contributed by atoms with E-state index >= 15 is 0 Å². The van der Waals surface area contributed by atoms with E-state index in [1.807, 2.05) is 0 Å². The first-order chi connectivity index (χ1) is 5.52. The second kappa shape index (κ2) is 2.12. The van der Waals surface area contributed by atoms with Crippen LogP contribution in [0.1, 0.15) is 33.1 Å². The summed E-state index contributed by atoms with van der Waals surface area (Å²) in [5, 5.41) is 0. The third-order valence-electron chi connectivity index (χ3n) is 2.67. The molecule has 2 rings (SSSR count). The Hall–Kier alpha value is -0.790. The van der Waals surface area contributed by atoms with Crippen LogP contribution in [0.3, 0.4) is 0 Å². The van der Waals surface area contributed by atoms with Crippen molar-refractivity contribution in [3.63, 3.8) is 0 Å². The highest BCUT2D eigenvalue weighted by Gasteiger charge is 2.52. The maximum Gasteiger partial charge on any atom is 0.162 e. The van der Waals surface area contributed by atoms with Crippen LogP contribution in [0.25, 0.3) is 0 Å². The Bertz CT molecular complexity index is 243. The first-order valence-electron chi connectivity index (χ1n) is 4.39. The van der Waals surface area contributed by atoms with E-state index in [-0.39, 0.29) is 11.4 Å². The summed E-state index contributed by atoms with van der Waals surface area (Å²) >= 11 is 0. The molecule has 0 bridgehead atoms. The predicted octanol–water partition coefficient (Wildman–Crippen LogP) is 2.05. The summed E-state index contributed by atoms with van der Waals surface area (Å²) in [6.07, 6.45) is 5.68. The van der Waals surface area contributed by atoms with Crippen molar-refractivity contribution in [2.45, 2.75) is 38.7 Å². The largest absolute Gasteiger partial charge is 0.494 e. The third kappa shape index (κ3) is 1.15. The van der Waals surface area contributed by atoms with Crippen molar-refractivity contribution in [3.05, 3.63) is 12.3 Å². The fourth-order valence-corrected chi connectivity index (χ4v) is 2.57. The molecule has 2 aliphatic rings. The van der Waals surface area contributed by atoms with Crippen molar-refractivity contribution in [1.29, 1.82) is 0 Å². The van der Waals surface area contributed by atoms with Gasteiger partial charge in [-0.15, -0.1) is 0 Å². The average molecular weight is 166 g/mol. The van der Waals surface area contributed by atoms with Gasteiger partial charge in [-0.2, -0.15) is 0 Å². The molecule has 1 spiro atoms. The third-order valence-corrected chi connectivity index (χ3v) is 2.67. The number of ketones is 1. The minimum absolute atomic E-state index is 0.130. The van der Waals surface area contributed by atoms with Crippen LogP contribution >= 0.6 is 0 Å². The van der Waals surface area contributed by atoms with E-state index < -0.39 is 0 Å². The van der Waals surface area contributed by atoms with E-state index in [2.05, 4.69) is 13.8 Å². The molecule has 1 heterocycles. The Morgan fingerprint density at radius 1 is 1.42 bits per heavy atom. The summed E-state index contributed by atoms with van der Waals surface area (Å²) in [7, 11) is 0. The van der Waals surface area contributed by atoms with E-state index in [1.54, 1.807) is 6.26 Å². The molecule has 0 N–H and O–H groups in total. The molecular weight excluding hydrogens is 152 g/mol. The van der Waals surface area contributed by atoms with Crippen LogP contribution in [0, 0.1) is 5.41 Å². The number of hydrogen-bond donors (Lipinski definition) is 0. The van der Waals surface area contributed by atoms with Crippen LogP contribution in [0.15, 0.2) is 12.3 Å². The normalized spacial score (nSPS) is 29.7. The first kappa shape index (κ1) is 7.84. The Balaban J connectivity index is 2.08. The van der Waals surface area contributed by atoms with Gasteiger partial charge < -0.3 is 4.74 Å². The molecule has 2 nitrogen and oxygen atoms in total. The van der Waals surface area contributed by atoms with Gasteiger partial charge in [0.15, 0.2) is 5.78 Å². The molecule has 1 aliphatic heterocycles. The number of ether oxygens (including phenoxy) is 1. The van der Waals surface area contributed by atoms with Gasteiger partial charge in [-0.25, -0.2) is 0 Å². The zero-order valence-corrected chi connectivity index (χ0v) is 7.59. The summed E-state index contributed by atoms with van der Waals surface area (Å²) in [5.41, 5.74) is 0.237. The lowest BCUT2D eigenvalue weighted by molar-refractivity contribution is -0.147. The van der Waals surface area contributed by atoms with Crippen molar-refractivity contribution in [2.24, 2.45) is 5.41 Å². The molecule has 0 amide bonds. The molecule has 1 saturated carbocycles. The van der Waals surface area contributed by atoms with Gasteiger partial charge in [-0.3, -0.25) is 4.79 Å². The molecule has 0 aromatic carbocycles. The van der Waals surface area contributed by atoms with E-state index in [0.29, 0.717) is 11.8 Å². The van der Waals surface area contributed by atoms with Gasteiger partial charge in [0.25, 0.3) is 0 Å². The van der Waals surface area contributed by atoms with Gasteiger partial charge >= 0.3 is 0 Å². The van der Waals surface area contributed by atoms with Crippen LogP contribution < -0.4 is 0 Å². The SMILES string of the molecule is CC1(C)CC2(CC(=O)C=CO2)C1. The maximum absolute atomic E-state index is 11.1. The fourth-order valence-electron chi connectivity index (χ4n) is 2.57. The zero-order chi connectivity index (χ0) is 8.82. The number of allylic oxidation sites excluding steroid dienone is 1. The monoisotopic (exact) mass is 166 g/mol. The fraction of sp³-hybridized carbons (Fsp3) is 0.700. The van der Waals surface area contributed by atoms with Crippen molar-refractivity contribution in [1.82, 2.24) is 0 Å². The standard InChI is InChI=1S/C10H14O2/c1-9(2)6-10(7-9)5-8(11)3-4-12-10/h3-4H,5-7H2,1-2H3. The number of hydrogen-bond acceptors (Lipinski definition) is 2. The lowest BCUT2D eigenvalue weighted by atomic mass is 9.59.